The van der Waals surface area contributed by atoms with Gasteiger partial charge in [-0.15, -0.1) is 5.10 Å². The molecule has 1 aliphatic heterocycles. The number of rotatable bonds is 7. The number of nitro groups is 1. The number of piperazine rings is 1. The van der Waals surface area contributed by atoms with Gasteiger partial charge in [0.1, 0.15) is 6.04 Å². The summed E-state index contributed by atoms with van der Waals surface area (Å²) in [5.74, 6) is 0.602. The molecule has 2 aromatic heterocycles. The fourth-order valence-corrected chi connectivity index (χ4v) is 5.35. The van der Waals surface area contributed by atoms with Crippen LogP contribution in [0, 0.1) is 17.0 Å². The molecule has 1 N–H and O–H groups in total. The molecule has 1 saturated heterocycles. The largest absolute Gasteiger partial charge is 0.369 e. The number of hydrogen-bond acceptors (Lipinski definition) is 8. The molecule has 0 aliphatic carbocycles. The van der Waals surface area contributed by atoms with Crippen molar-refractivity contribution in [3.8, 4) is 0 Å². The second-order valence-electron chi connectivity index (χ2n) is 10.0. The first-order valence-electron chi connectivity index (χ1n) is 13.1. The number of hydrogen-bond donors (Lipinski definition) is 1. The molecule has 1 fully saturated rings. The lowest BCUT2D eigenvalue weighted by atomic mass is 10.0. The van der Waals surface area contributed by atoms with E-state index in [1.807, 2.05) is 55.5 Å². The van der Waals surface area contributed by atoms with Crippen molar-refractivity contribution in [3.05, 3.63) is 122 Å². The van der Waals surface area contributed by atoms with Gasteiger partial charge >= 0.3 is 0 Å². The molecular formula is C29H28N8O3. The molecule has 202 valence electrons. The van der Waals surface area contributed by atoms with Crippen molar-refractivity contribution in [1.29, 1.82) is 0 Å². The van der Waals surface area contributed by atoms with Gasteiger partial charge in [0, 0.05) is 55.1 Å². The van der Waals surface area contributed by atoms with Crippen LogP contribution in [0.2, 0.25) is 0 Å². The van der Waals surface area contributed by atoms with Crippen LogP contribution in [0.15, 0.2) is 83.7 Å². The molecule has 11 heteroatoms. The van der Waals surface area contributed by atoms with E-state index in [-0.39, 0.29) is 11.2 Å². The first kappa shape index (κ1) is 25.4. The Morgan fingerprint density at radius 1 is 0.975 bits per heavy atom. The second-order valence-corrected chi connectivity index (χ2v) is 10.0. The lowest BCUT2D eigenvalue weighted by Crippen LogP contribution is -2.49. The first-order valence-corrected chi connectivity index (χ1v) is 13.1. The van der Waals surface area contributed by atoms with E-state index in [0.29, 0.717) is 44.1 Å². The van der Waals surface area contributed by atoms with Crippen LogP contribution >= 0.6 is 0 Å². The molecule has 0 spiro atoms. The molecule has 0 bridgehead atoms. The van der Waals surface area contributed by atoms with Gasteiger partial charge in [-0.25, -0.2) is 4.68 Å². The number of pyridine rings is 1. The first-order chi connectivity index (χ1) is 19.5. The molecule has 40 heavy (non-hydrogen) atoms. The summed E-state index contributed by atoms with van der Waals surface area (Å²) in [7, 11) is 0. The highest BCUT2D eigenvalue weighted by Gasteiger charge is 2.33. The molecular weight excluding hydrogens is 508 g/mol. The second kappa shape index (κ2) is 10.7. The predicted octanol–water partition coefficient (Wildman–Crippen LogP) is 3.69. The van der Waals surface area contributed by atoms with E-state index in [1.54, 1.807) is 16.8 Å². The molecule has 3 aromatic carbocycles. The standard InChI is InChI=1S/C29H28N8O3/c1-20-7-12-26-22(17-20)18-25(29(38)30-26)27(28-31-32-33-36(28)19-21-5-3-2-4-6-21)35-15-13-34(14-16-35)23-8-10-24(11-9-23)37(39)40/h2-12,17-18,27H,13-16,19H2,1H3,(H,30,38)/t27-/m1/s1. The highest BCUT2D eigenvalue weighted by molar-refractivity contribution is 5.79. The van der Waals surface area contributed by atoms with E-state index >= 15 is 0 Å². The Balaban J connectivity index is 1.35. The Morgan fingerprint density at radius 3 is 2.45 bits per heavy atom. The lowest BCUT2D eigenvalue weighted by molar-refractivity contribution is -0.384. The minimum atomic E-state index is -0.466. The van der Waals surface area contributed by atoms with E-state index in [2.05, 4.69) is 36.4 Å². The van der Waals surface area contributed by atoms with Crippen LogP contribution in [0.4, 0.5) is 11.4 Å². The van der Waals surface area contributed by atoms with Crippen LogP contribution in [0.1, 0.15) is 28.6 Å². The molecule has 0 radical (unpaired) electrons. The van der Waals surface area contributed by atoms with Crippen molar-refractivity contribution in [1.82, 2.24) is 30.1 Å². The van der Waals surface area contributed by atoms with Gasteiger partial charge in [0.15, 0.2) is 5.82 Å². The van der Waals surface area contributed by atoms with E-state index in [1.165, 1.54) is 12.1 Å². The Morgan fingerprint density at radius 2 is 1.73 bits per heavy atom. The van der Waals surface area contributed by atoms with Crippen LogP contribution in [0.25, 0.3) is 10.9 Å². The van der Waals surface area contributed by atoms with Gasteiger partial charge in [0.25, 0.3) is 11.2 Å². The Hall–Kier alpha value is -4.90. The van der Waals surface area contributed by atoms with Crippen molar-refractivity contribution in [2.75, 3.05) is 31.1 Å². The number of nitrogens with one attached hydrogen (secondary N) is 1. The van der Waals surface area contributed by atoms with Gasteiger partial charge in [0.05, 0.1) is 11.5 Å². The Bertz CT molecular complexity index is 1710. The summed E-state index contributed by atoms with van der Waals surface area (Å²) < 4.78 is 1.77. The normalized spacial score (nSPS) is 14.9. The number of non-ortho nitro benzene ring substituents is 1. The highest BCUT2D eigenvalue weighted by Crippen LogP contribution is 2.30. The number of fused-ring (bicyclic) bond motifs is 1. The van der Waals surface area contributed by atoms with Crippen molar-refractivity contribution in [3.63, 3.8) is 0 Å². The fraction of sp³-hybridized carbons (Fsp3) is 0.241. The Labute approximate surface area is 229 Å². The van der Waals surface area contributed by atoms with Crippen LogP contribution < -0.4 is 10.5 Å². The summed E-state index contributed by atoms with van der Waals surface area (Å²) in [5.41, 5.74) is 4.35. The van der Waals surface area contributed by atoms with Gasteiger partial charge in [-0.05, 0) is 58.6 Å². The van der Waals surface area contributed by atoms with E-state index < -0.39 is 11.0 Å². The molecule has 0 amide bonds. The summed E-state index contributed by atoms with van der Waals surface area (Å²) in [6, 6.07) is 24.0. The molecule has 0 unspecified atom stereocenters. The average molecular weight is 537 g/mol. The van der Waals surface area contributed by atoms with E-state index in [0.717, 1.165) is 27.7 Å². The number of benzene rings is 3. The number of aromatic nitrogens is 5. The zero-order valence-corrected chi connectivity index (χ0v) is 22.0. The van der Waals surface area contributed by atoms with Gasteiger partial charge in [-0.1, -0.05) is 42.0 Å². The maximum Gasteiger partial charge on any atom is 0.269 e. The van der Waals surface area contributed by atoms with Crippen LogP contribution in [0.5, 0.6) is 0 Å². The molecule has 5 aromatic rings. The van der Waals surface area contributed by atoms with Gasteiger partial charge in [0.2, 0.25) is 0 Å². The Kier molecular flexibility index (Phi) is 6.79. The maximum absolute atomic E-state index is 13.5. The van der Waals surface area contributed by atoms with Gasteiger partial charge in [-0.2, -0.15) is 0 Å². The summed E-state index contributed by atoms with van der Waals surface area (Å²) >= 11 is 0. The lowest BCUT2D eigenvalue weighted by Gasteiger charge is -2.39. The average Bonchev–Trinajstić information content (AvgIpc) is 3.42. The third-order valence-electron chi connectivity index (χ3n) is 7.41. The van der Waals surface area contributed by atoms with Crippen molar-refractivity contribution < 1.29 is 4.92 Å². The van der Waals surface area contributed by atoms with Gasteiger partial charge < -0.3 is 9.88 Å². The topological polar surface area (TPSA) is 126 Å². The highest BCUT2D eigenvalue weighted by atomic mass is 16.6. The van der Waals surface area contributed by atoms with Crippen LogP contribution in [-0.4, -0.2) is 61.2 Å². The SMILES string of the molecule is Cc1ccc2[nH]c(=O)c([C@H](c3nnnn3Cc3ccccc3)N3CCN(c4ccc([N+](=O)[O-])cc4)CC3)cc2c1. The number of anilines is 1. The number of aromatic amines is 1. The third-order valence-corrected chi connectivity index (χ3v) is 7.41. The number of H-pyrrole nitrogens is 1. The van der Waals surface area contributed by atoms with Crippen molar-refractivity contribution >= 4 is 22.3 Å². The maximum atomic E-state index is 13.5. The summed E-state index contributed by atoms with van der Waals surface area (Å²) in [6.07, 6.45) is 0. The quantitative estimate of drug-likeness (QED) is 0.247. The predicted molar refractivity (Wildman–Crippen MR) is 151 cm³/mol. The van der Waals surface area contributed by atoms with Crippen molar-refractivity contribution in [2.24, 2.45) is 0 Å². The molecule has 1 atom stereocenters. The number of nitro benzene ring substituents is 1. The summed E-state index contributed by atoms with van der Waals surface area (Å²) in [4.78, 5) is 31.7. The van der Waals surface area contributed by atoms with Crippen LogP contribution in [0.3, 0.4) is 0 Å². The molecule has 11 nitrogen and oxygen atoms in total. The smallest absolute Gasteiger partial charge is 0.269 e. The third kappa shape index (κ3) is 5.06. The number of tetrazole rings is 1. The van der Waals surface area contributed by atoms with Crippen LogP contribution in [-0.2, 0) is 6.54 Å². The molecule has 6 rings (SSSR count). The minimum Gasteiger partial charge on any atom is -0.369 e. The molecule has 1 aliphatic rings. The summed E-state index contributed by atoms with van der Waals surface area (Å²) in [6.45, 7) is 5.15. The molecule has 0 saturated carbocycles. The molecule has 3 heterocycles. The van der Waals surface area contributed by atoms with E-state index in [4.69, 9.17) is 0 Å². The number of nitrogens with zero attached hydrogens (tertiary/aromatic N) is 7. The zero-order chi connectivity index (χ0) is 27.6. The van der Waals surface area contributed by atoms with Gasteiger partial charge in [-0.3, -0.25) is 19.8 Å². The monoisotopic (exact) mass is 536 g/mol. The zero-order valence-electron chi connectivity index (χ0n) is 22.0. The fourth-order valence-electron chi connectivity index (χ4n) is 5.35. The minimum absolute atomic E-state index is 0.0680. The van der Waals surface area contributed by atoms with E-state index in [9.17, 15) is 14.9 Å². The van der Waals surface area contributed by atoms with Crippen molar-refractivity contribution in [2.45, 2.75) is 19.5 Å². The summed E-state index contributed by atoms with van der Waals surface area (Å²) in [5, 5.41) is 24.8. The number of aryl methyl sites for hydroxylation is 1.